The van der Waals surface area contributed by atoms with Crippen molar-refractivity contribution in [2.24, 2.45) is 0 Å². The van der Waals surface area contributed by atoms with Crippen LogP contribution < -0.4 is 0 Å². The Balaban J connectivity index is 1.91. The molecule has 0 amide bonds. The first kappa shape index (κ1) is 15.1. The van der Waals surface area contributed by atoms with Crippen molar-refractivity contribution in [2.45, 2.75) is 18.9 Å². The molecule has 1 aliphatic rings. The lowest BCUT2D eigenvalue weighted by molar-refractivity contribution is 0.0932. The number of hydrogen-bond donors (Lipinski definition) is 0. The number of nitrogens with zero attached hydrogens (tertiary/aromatic N) is 2. The summed E-state index contributed by atoms with van der Waals surface area (Å²) in [6, 6.07) is 3.76. The Morgan fingerprint density at radius 3 is 2.75 bits per heavy atom. The van der Waals surface area contributed by atoms with Gasteiger partial charge >= 0.3 is 0 Å². The first-order chi connectivity index (χ1) is 9.47. The molecular weight excluding hydrogens is 262 g/mol. The predicted molar refractivity (Wildman–Crippen MR) is 73.8 cm³/mol. The zero-order chi connectivity index (χ0) is 14.7. The molecule has 110 valence electrons. The number of ketones is 1. The smallest absolute Gasteiger partial charge is 0.176 e. The Bertz CT molecular complexity index is 493. The number of benzene rings is 1. The fourth-order valence-electron chi connectivity index (χ4n) is 2.64. The number of hydrogen-bond acceptors (Lipinski definition) is 3. The number of halogens is 2. The average molecular weight is 282 g/mol. The molecule has 3 nitrogen and oxygen atoms in total. The van der Waals surface area contributed by atoms with E-state index >= 15 is 0 Å². The van der Waals surface area contributed by atoms with Crippen LogP contribution in [0, 0.1) is 11.6 Å². The molecule has 0 saturated carbocycles. The van der Waals surface area contributed by atoms with Gasteiger partial charge in [-0.25, -0.2) is 8.78 Å². The van der Waals surface area contributed by atoms with Gasteiger partial charge in [0.25, 0.3) is 0 Å². The summed E-state index contributed by atoms with van der Waals surface area (Å²) >= 11 is 0. The summed E-state index contributed by atoms with van der Waals surface area (Å²) in [4.78, 5) is 16.3. The molecule has 0 radical (unpaired) electrons. The van der Waals surface area contributed by atoms with Crippen LogP contribution in [0.5, 0.6) is 0 Å². The number of carbonyl (C=O) groups excluding carboxylic acids is 1. The summed E-state index contributed by atoms with van der Waals surface area (Å²) in [7, 11) is 3.96. The molecule has 5 heteroatoms. The summed E-state index contributed by atoms with van der Waals surface area (Å²) in [5.41, 5.74) is 0.218. The number of rotatable bonds is 5. The molecule has 0 aromatic heterocycles. The minimum absolute atomic E-state index is 0.188. The monoisotopic (exact) mass is 282 g/mol. The molecule has 1 atom stereocenters. The van der Waals surface area contributed by atoms with Gasteiger partial charge in [0.05, 0.1) is 6.54 Å². The van der Waals surface area contributed by atoms with E-state index in [1.54, 1.807) is 0 Å². The quantitative estimate of drug-likeness (QED) is 0.773. The van der Waals surface area contributed by atoms with Crippen molar-refractivity contribution < 1.29 is 13.6 Å². The van der Waals surface area contributed by atoms with E-state index < -0.39 is 11.6 Å². The summed E-state index contributed by atoms with van der Waals surface area (Å²) in [6.45, 7) is 2.12. The highest BCUT2D eigenvalue weighted by Crippen LogP contribution is 2.16. The van der Waals surface area contributed by atoms with Gasteiger partial charge in [0, 0.05) is 18.2 Å². The molecule has 1 saturated heterocycles. The van der Waals surface area contributed by atoms with Crippen LogP contribution in [0.25, 0.3) is 0 Å². The minimum Gasteiger partial charge on any atom is -0.302 e. The molecule has 1 fully saturated rings. The standard InChI is InChI=1S/C15H20F2N2O/c1-18(9-12-4-3-7-19(12)2)10-15(20)11-5-6-13(16)14(17)8-11/h5-6,8,12H,3-4,7,9-10H2,1-2H3. The molecule has 1 aliphatic heterocycles. The maximum absolute atomic E-state index is 13.1. The molecule has 0 N–H and O–H groups in total. The van der Waals surface area contributed by atoms with Crippen LogP contribution in [0.1, 0.15) is 23.2 Å². The number of Topliss-reactive ketones (excluding diaryl/α,β-unsaturated/α-hetero) is 1. The van der Waals surface area contributed by atoms with Gasteiger partial charge in [-0.3, -0.25) is 9.69 Å². The molecule has 1 unspecified atom stereocenters. The molecule has 0 aliphatic carbocycles. The largest absolute Gasteiger partial charge is 0.302 e. The van der Waals surface area contributed by atoms with Crippen LogP contribution in [-0.4, -0.2) is 55.4 Å². The van der Waals surface area contributed by atoms with Crippen LogP contribution in [0.15, 0.2) is 18.2 Å². The summed E-state index contributed by atoms with van der Waals surface area (Å²) in [5.74, 6) is -2.09. The van der Waals surface area contributed by atoms with Gasteiger partial charge in [0.1, 0.15) is 0 Å². The SMILES string of the molecule is CN(CC(=O)c1ccc(F)c(F)c1)CC1CCCN1C. The lowest BCUT2D eigenvalue weighted by Gasteiger charge is -2.25. The fraction of sp³-hybridized carbons (Fsp3) is 0.533. The van der Waals surface area contributed by atoms with E-state index in [4.69, 9.17) is 0 Å². The minimum atomic E-state index is -0.978. The van der Waals surface area contributed by atoms with Crippen LogP contribution in [0.4, 0.5) is 8.78 Å². The number of likely N-dealkylation sites (N-methyl/N-ethyl adjacent to an activating group) is 2. The van der Waals surface area contributed by atoms with Gasteiger partial charge in [-0.05, 0) is 51.7 Å². The van der Waals surface area contributed by atoms with Gasteiger partial charge < -0.3 is 4.90 Å². The van der Waals surface area contributed by atoms with Crippen LogP contribution in [0.2, 0.25) is 0 Å². The Labute approximate surface area is 118 Å². The first-order valence-corrected chi connectivity index (χ1v) is 6.84. The van der Waals surface area contributed by atoms with Crippen molar-refractivity contribution in [3.05, 3.63) is 35.4 Å². The van der Waals surface area contributed by atoms with E-state index in [1.165, 1.54) is 12.5 Å². The number of carbonyl (C=O) groups is 1. The molecule has 0 spiro atoms. The lowest BCUT2D eigenvalue weighted by Crippen LogP contribution is -2.38. The van der Waals surface area contributed by atoms with Crippen molar-refractivity contribution in [3.63, 3.8) is 0 Å². The van der Waals surface area contributed by atoms with Crippen molar-refractivity contribution in [2.75, 3.05) is 33.7 Å². The maximum atomic E-state index is 13.1. The van der Waals surface area contributed by atoms with E-state index in [0.717, 1.165) is 31.6 Å². The highest BCUT2D eigenvalue weighted by molar-refractivity contribution is 5.97. The lowest BCUT2D eigenvalue weighted by atomic mass is 10.1. The van der Waals surface area contributed by atoms with Gasteiger partial charge in [-0.2, -0.15) is 0 Å². The van der Waals surface area contributed by atoms with E-state index in [1.807, 2.05) is 11.9 Å². The Morgan fingerprint density at radius 2 is 2.15 bits per heavy atom. The normalized spacial score (nSPS) is 19.8. The molecule has 1 aromatic carbocycles. The third-order valence-electron chi connectivity index (χ3n) is 3.85. The average Bonchev–Trinajstić information content (AvgIpc) is 2.78. The molecule has 2 rings (SSSR count). The van der Waals surface area contributed by atoms with Crippen molar-refractivity contribution >= 4 is 5.78 Å². The second-order valence-corrected chi connectivity index (χ2v) is 5.53. The zero-order valence-electron chi connectivity index (χ0n) is 11.9. The molecule has 0 bridgehead atoms. The summed E-state index contributed by atoms with van der Waals surface area (Å²) in [5, 5.41) is 0. The molecule has 1 heterocycles. The van der Waals surface area contributed by atoms with Gasteiger partial charge in [-0.15, -0.1) is 0 Å². The van der Waals surface area contributed by atoms with Gasteiger partial charge in [-0.1, -0.05) is 0 Å². The zero-order valence-corrected chi connectivity index (χ0v) is 11.9. The van der Waals surface area contributed by atoms with E-state index in [9.17, 15) is 13.6 Å². The van der Waals surface area contributed by atoms with Crippen LogP contribution in [-0.2, 0) is 0 Å². The van der Waals surface area contributed by atoms with E-state index in [-0.39, 0.29) is 17.9 Å². The third kappa shape index (κ3) is 3.61. The topological polar surface area (TPSA) is 23.6 Å². The van der Waals surface area contributed by atoms with Crippen molar-refractivity contribution in [1.29, 1.82) is 0 Å². The van der Waals surface area contributed by atoms with Crippen molar-refractivity contribution in [1.82, 2.24) is 9.80 Å². The predicted octanol–water partition coefficient (Wildman–Crippen LogP) is 2.17. The van der Waals surface area contributed by atoms with Crippen LogP contribution >= 0.6 is 0 Å². The van der Waals surface area contributed by atoms with Crippen molar-refractivity contribution in [3.8, 4) is 0 Å². The Kier molecular flexibility index (Phi) is 4.83. The third-order valence-corrected chi connectivity index (χ3v) is 3.85. The van der Waals surface area contributed by atoms with Crippen LogP contribution in [0.3, 0.4) is 0 Å². The Hall–Kier alpha value is -1.33. The van der Waals surface area contributed by atoms with Gasteiger partial charge in [0.15, 0.2) is 17.4 Å². The maximum Gasteiger partial charge on any atom is 0.176 e. The van der Waals surface area contributed by atoms with Gasteiger partial charge in [0.2, 0.25) is 0 Å². The first-order valence-electron chi connectivity index (χ1n) is 6.84. The molecule has 20 heavy (non-hydrogen) atoms. The fourth-order valence-corrected chi connectivity index (χ4v) is 2.64. The van der Waals surface area contributed by atoms with E-state index in [2.05, 4.69) is 11.9 Å². The molecular formula is C15H20F2N2O. The Morgan fingerprint density at radius 1 is 1.40 bits per heavy atom. The second kappa shape index (κ2) is 6.41. The van der Waals surface area contributed by atoms with E-state index in [0.29, 0.717) is 6.04 Å². The number of likely N-dealkylation sites (tertiary alicyclic amines) is 1. The highest BCUT2D eigenvalue weighted by atomic mass is 19.2. The summed E-state index contributed by atoms with van der Waals surface area (Å²) in [6.07, 6.45) is 2.33. The highest BCUT2D eigenvalue weighted by Gasteiger charge is 2.23. The second-order valence-electron chi connectivity index (χ2n) is 5.53. The molecule has 1 aromatic rings. The summed E-state index contributed by atoms with van der Waals surface area (Å²) < 4.78 is 25.9.